The monoisotopic (exact) mass is 324 g/mol. The van der Waals surface area contributed by atoms with Crippen LogP contribution in [0, 0.1) is 18.2 Å². The second-order valence-electron chi connectivity index (χ2n) is 4.37. The Kier molecular flexibility index (Phi) is 4.56. The summed E-state index contributed by atoms with van der Waals surface area (Å²) in [6, 6.07) is 4.50. The molecule has 1 fully saturated rings. The molecule has 5 heteroatoms. The van der Waals surface area contributed by atoms with Crippen LogP contribution in [0.1, 0.15) is 10.4 Å². The molecule has 0 aromatic heterocycles. The van der Waals surface area contributed by atoms with Gasteiger partial charge in [0.05, 0.1) is 16.6 Å². The summed E-state index contributed by atoms with van der Waals surface area (Å²) in [7, 11) is 0. The highest BCUT2D eigenvalue weighted by Crippen LogP contribution is 2.22. The van der Waals surface area contributed by atoms with E-state index in [-0.39, 0.29) is 10.4 Å². The van der Waals surface area contributed by atoms with Crippen molar-refractivity contribution in [3.63, 3.8) is 0 Å². The number of carbonyl (C=O) groups excluding carboxylic acids is 1. The van der Waals surface area contributed by atoms with Crippen molar-refractivity contribution in [2.45, 2.75) is 0 Å². The number of terminal acetylenes is 1. The van der Waals surface area contributed by atoms with Crippen molar-refractivity contribution in [3.05, 3.63) is 34.1 Å². The molecular weight excluding hydrogens is 311 g/mol. The minimum Gasteiger partial charge on any atom is -0.336 e. The van der Waals surface area contributed by atoms with E-state index in [1.807, 2.05) is 0 Å². The Balaban J connectivity index is 2.06. The predicted octanol–water partition coefficient (Wildman–Crippen LogP) is 1.98. The summed E-state index contributed by atoms with van der Waals surface area (Å²) in [5.74, 6) is 2.03. The number of nitrogens with zero attached hydrogens (tertiary/aromatic N) is 2. The van der Waals surface area contributed by atoms with E-state index in [1.165, 1.54) is 6.07 Å². The molecule has 3 nitrogen and oxygen atoms in total. The number of rotatable bonds is 2. The van der Waals surface area contributed by atoms with Crippen LogP contribution in [0.3, 0.4) is 0 Å². The van der Waals surface area contributed by atoms with Gasteiger partial charge in [-0.25, -0.2) is 4.39 Å². The minimum absolute atomic E-state index is 0.147. The third-order valence-electron chi connectivity index (χ3n) is 3.16. The Morgan fingerprint density at radius 2 is 2.05 bits per heavy atom. The van der Waals surface area contributed by atoms with Crippen molar-refractivity contribution in [3.8, 4) is 12.3 Å². The van der Waals surface area contributed by atoms with E-state index in [9.17, 15) is 9.18 Å². The van der Waals surface area contributed by atoms with Crippen LogP contribution >= 0.6 is 15.9 Å². The normalized spacial score (nSPS) is 16.2. The fourth-order valence-electron chi connectivity index (χ4n) is 2.08. The zero-order valence-corrected chi connectivity index (χ0v) is 12.0. The molecule has 1 aromatic rings. The smallest absolute Gasteiger partial charge is 0.255 e. The van der Waals surface area contributed by atoms with Gasteiger partial charge in [0.15, 0.2) is 0 Å². The zero-order chi connectivity index (χ0) is 13.8. The number of halogens is 2. The summed E-state index contributed by atoms with van der Waals surface area (Å²) >= 11 is 3.12. The Morgan fingerprint density at radius 1 is 1.37 bits per heavy atom. The molecule has 1 aliphatic rings. The second-order valence-corrected chi connectivity index (χ2v) is 5.17. The standard InChI is InChI=1S/C14H14BrFN2O/c1-2-6-17-7-9-18(10-8-17)14(19)11-4-3-5-12(16)13(11)15/h1,3-5H,6-10H2. The van der Waals surface area contributed by atoms with Crippen LogP contribution in [-0.2, 0) is 0 Å². The van der Waals surface area contributed by atoms with Crippen LogP contribution in [0.15, 0.2) is 22.7 Å². The molecule has 1 saturated heterocycles. The molecule has 0 atom stereocenters. The van der Waals surface area contributed by atoms with Crippen LogP contribution in [0.4, 0.5) is 4.39 Å². The summed E-state index contributed by atoms with van der Waals surface area (Å²) in [6.45, 7) is 3.34. The molecule has 1 aromatic carbocycles. The van der Waals surface area contributed by atoms with Crippen molar-refractivity contribution >= 4 is 21.8 Å². The summed E-state index contributed by atoms with van der Waals surface area (Å²) < 4.78 is 13.6. The van der Waals surface area contributed by atoms with E-state index in [4.69, 9.17) is 6.42 Å². The molecule has 1 aliphatic heterocycles. The van der Waals surface area contributed by atoms with Gasteiger partial charge in [-0.3, -0.25) is 9.69 Å². The van der Waals surface area contributed by atoms with Gasteiger partial charge < -0.3 is 4.90 Å². The van der Waals surface area contributed by atoms with Gasteiger partial charge in [0, 0.05) is 26.2 Å². The van der Waals surface area contributed by atoms with Gasteiger partial charge in [-0.05, 0) is 28.1 Å². The number of amides is 1. The highest BCUT2D eigenvalue weighted by atomic mass is 79.9. The molecule has 0 N–H and O–H groups in total. The van der Waals surface area contributed by atoms with Gasteiger partial charge in [0.25, 0.3) is 5.91 Å². The van der Waals surface area contributed by atoms with Crippen LogP contribution in [-0.4, -0.2) is 48.4 Å². The fourth-order valence-corrected chi connectivity index (χ4v) is 2.51. The average molecular weight is 325 g/mol. The van der Waals surface area contributed by atoms with E-state index < -0.39 is 5.82 Å². The van der Waals surface area contributed by atoms with Gasteiger partial charge >= 0.3 is 0 Å². The molecule has 0 radical (unpaired) electrons. The topological polar surface area (TPSA) is 23.6 Å². The van der Waals surface area contributed by atoms with Crippen LogP contribution in [0.25, 0.3) is 0 Å². The summed E-state index contributed by atoms with van der Waals surface area (Å²) in [4.78, 5) is 16.2. The first-order valence-electron chi connectivity index (χ1n) is 6.02. The summed E-state index contributed by atoms with van der Waals surface area (Å²) in [6.07, 6.45) is 5.26. The van der Waals surface area contributed by atoms with E-state index in [2.05, 4.69) is 26.8 Å². The molecule has 0 bridgehead atoms. The van der Waals surface area contributed by atoms with Crippen LogP contribution < -0.4 is 0 Å². The molecule has 2 rings (SSSR count). The van der Waals surface area contributed by atoms with E-state index >= 15 is 0 Å². The lowest BCUT2D eigenvalue weighted by Gasteiger charge is -2.33. The summed E-state index contributed by atoms with van der Waals surface area (Å²) in [5.41, 5.74) is 0.366. The van der Waals surface area contributed by atoms with E-state index in [0.29, 0.717) is 25.2 Å². The van der Waals surface area contributed by atoms with Gasteiger partial charge in [-0.1, -0.05) is 12.0 Å². The van der Waals surface area contributed by atoms with Crippen molar-refractivity contribution < 1.29 is 9.18 Å². The molecule has 0 saturated carbocycles. The Bertz CT molecular complexity index is 519. The summed E-state index contributed by atoms with van der Waals surface area (Å²) in [5, 5.41) is 0. The van der Waals surface area contributed by atoms with Gasteiger partial charge in [-0.2, -0.15) is 0 Å². The van der Waals surface area contributed by atoms with Crippen molar-refractivity contribution in [1.82, 2.24) is 9.80 Å². The second kappa shape index (κ2) is 6.18. The number of hydrogen-bond donors (Lipinski definition) is 0. The molecule has 0 unspecified atom stereocenters. The molecule has 0 spiro atoms. The third-order valence-corrected chi connectivity index (χ3v) is 3.96. The van der Waals surface area contributed by atoms with Crippen molar-refractivity contribution in [1.29, 1.82) is 0 Å². The van der Waals surface area contributed by atoms with E-state index in [1.54, 1.807) is 17.0 Å². The first-order valence-corrected chi connectivity index (χ1v) is 6.82. The third kappa shape index (κ3) is 3.14. The lowest BCUT2D eigenvalue weighted by molar-refractivity contribution is 0.0650. The Hall–Kier alpha value is -1.38. The van der Waals surface area contributed by atoms with Gasteiger partial charge in [0.1, 0.15) is 5.82 Å². The highest BCUT2D eigenvalue weighted by molar-refractivity contribution is 9.10. The molecule has 100 valence electrons. The average Bonchev–Trinajstić information content (AvgIpc) is 2.42. The fraction of sp³-hybridized carbons (Fsp3) is 0.357. The predicted molar refractivity (Wildman–Crippen MR) is 75.3 cm³/mol. The molecule has 1 heterocycles. The van der Waals surface area contributed by atoms with Crippen molar-refractivity contribution in [2.75, 3.05) is 32.7 Å². The molecular formula is C14H14BrFN2O. The number of hydrogen-bond acceptors (Lipinski definition) is 2. The number of carbonyl (C=O) groups is 1. The maximum absolute atomic E-state index is 13.4. The Labute approximate surface area is 120 Å². The van der Waals surface area contributed by atoms with Crippen LogP contribution in [0.5, 0.6) is 0 Å². The number of piperazine rings is 1. The van der Waals surface area contributed by atoms with Gasteiger partial charge in [-0.15, -0.1) is 6.42 Å². The lowest BCUT2D eigenvalue weighted by atomic mass is 10.1. The first kappa shape index (κ1) is 14.0. The maximum atomic E-state index is 13.4. The molecule has 0 aliphatic carbocycles. The largest absolute Gasteiger partial charge is 0.336 e. The SMILES string of the molecule is C#CCN1CCN(C(=O)c2cccc(F)c2Br)CC1. The van der Waals surface area contributed by atoms with Crippen molar-refractivity contribution in [2.24, 2.45) is 0 Å². The minimum atomic E-state index is -0.420. The van der Waals surface area contributed by atoms with E-state index in [0.717, 1.165) is 13.1 Å². The first-order chi connectivity index (χ1) is 9.13. The quantitative estimate of drug-likeness (QED) is 0.777. The van der Waals surface area contributed by atoms with Gasteiger partial charge in [0.2, 0.25) is 0 Å². The Morgan fingerprint density at radius 3 is 2.68 bits per heavy atom. The zero-order valence-electron chi connectivity index (χ0n) is 10.4. The molecule has 1 amide bonds. The number of benzene rings is 1. The highest BCUT2D eigenvalue weighted by Gasteiger charge is 2.23. The van der Waals surface area contributed by atoms with Crippen LogP contribution in [0.2, 0.25) is 0 Å². The lowest BCUT2D eigenvalue weighted by Crippen LogP contribution is -2.48. The molecule has 19 heavy (non-hydrogen) atoms. The maximum Gasteiger partial charge on any atom is 0.255 e.